The number of benzene rings is 15. The highest BCUT2D eigenvalue weighted by molar-refractivity contribution is 7.27. The molecule has 6 nitrogen and oxygen atoms in total. The molecule has 4 heterocycles. The van der Waals surface area contributed by atoms with Gasteiger partial charge in [0.2, 0.25) is 0 Å². The van der Waals surface area contributed by atoms with Gasteiger partial charge in [0.15, 0.2) is 34.9 Å². The minimum Gasteiger partial charge on any atom is -0.208 e. The minimum absolute atomic E-state index is 0.590. The van der Waals surface area contributed by atoms with Crippen LogP contribution in [0.3, 0.4) is 0 Å². The zero-order chi connectivity index (χ0) is 68.9. The number of rotatable bonds is 14. The molecule has 0 aliphatic carbocycles. The van der Waals surface area contributed by atoms with Crippen molar-refractivity contribution in [3.63, 3.8) is 0 Å². The fourth-order valence-electron chi connectivity index (χ4n) is 14.4. The van der Waals surface area contributed by atoms with Crippen molar-refractivity contribution in [1.82, 2.24) is 29.9 Å². The van der Waals surface area contributed by atoms with Crippen LogP contribution in [0.15, 0.2) is 364 Å². The Morgan fingerprint density at radius 2 is 0.471 bits per heavy atom. The van der Waals surface area contributed by atoms with Crippen LogP contribution in [0.2, 0.25) is 0 Å². The number of thiophene rings is 2. The topological polar surface area (TPSA) is 77.3 Å². The van der Waals surface area contributed by atoms with Gasteiger partial charge in [-0.3, -0.25) is 0 Å². The molecular weight excluding hydrogens is 1300 g/mol. The van der Waals surface area contributed by atoms with E-state index in [1.165, 1.54) is 79.3 Å². The first-order chi connectivity index (χ1) is 51.5. The van der Waals surface area contributed by atoms with Gasteiger partial charge in [0.1, 0.15) is 0 Å². The van der Waals surface area contributed by atoms with E-state index in [1.54, 1.807) is 0 Å². The van der Waals surface area contributed by atoms with Gasteiger partial charge in [-0.05, 0) is 126 Å². The van der Waals surface area contributed by atoms with Crippen molar-refractivity contribution in [2.24, 2.45) is 0 Å². The molecule has 19 rings (SSSR count). The lowest BCUT2D eigenvalue weighted by molar-refractivity contribution is 1.07. The molecule has 0 saturated carbocycles. The predicted octanol–water partition coefficient (Wildman–Crippen LogP) is 26.1. The van der Waals surface area contributed by atoms with Gasteiger partial charge in [-0.25, -0.2) is 29.9 Å². The van der Waals surface area contributed by atoms with E-state index in [1.807, 2.05) is 102 Å². The Bertz CT molecular complexity index is 6370. The molecule has 0 aliphatic heterocycles. The summed E-state index contributed by atoms with van der Waals surface area (Å²) in [5, 5.41) is 4.87. The zero-order valence-electron chi connectivity index (χ0n) is 56.1. The van der Waals surface area contributed by atoms with Crippen LogP contribution in [0.1, 0.15) is 0 Å². The van der Waals surface area contributed by atoms with E-state index in [9.17, 15) is 0 Å². The van der Waals surface area contributed by atoms with E-state index >= 15 is 0 Å². The molecule has 104 heavy (non-hydrogen) atoms. The SMILES string of the molecule is c1ccc(-c2ccc(-c3ccc(-c4cccc(-c5nc(-c6ccccc6)nc(-c6cccc(-c7cc(-c8ccccc8)cc8c7sc7ccc(-c9ccccc9)cc78)c6)n5)c4)c4c3sc3c(-c5ccc(-c6cccc(-c7nc(-c8ccccc8)nc(-c8ccccc8)n7)c6)cc5)cccc34)cc2)cc1. The molecule has 0 unspecified atom stereocenters. The quantitative estimate of drug-likeness (QED) is 0.108. The van der Waals surface area contributed by atoms with Crippen LogP contribution in [-0.4, -0.2) is 29.9 Å². The Hall–Kier alpha value is -13.2. The molecular formula is C96H60N6S2. The van der Waals surface area contributed by atoms with Gasteiger partial charge in [0, 0.05) is 79.3 Å². The standard InChI is InChI=1S/C96H60N6S2/c1-7-23-61(24-8-1)64-43-47-67(48-44-64)81-53-52-79(87-82-42-22-41-80(88(82)104-90(81)87)66-49-45-65(46-50-66)71-35-19-38-75(55-71)94-98-91(68-29-13-4-14-30-68)97-92(99-94)69-31-15-5-16-32-69)73-36-20-39-76(56-73)95-100-93(70-33-17-6-18-34-70)101-96(102-95)77-40-21-37-74(57-77)83-59-78(63-27-11-3-12-28-63)60-85-84-58-72(62-25-9-2-10-26-62)51-54-86(84)103-89(83)85/h1-60H. The molecule has 4 aromatic heterocycles. The molecule has 486 valence electrons. The third-order valence-electron chi connectivity index (χ3n) is 19.6. The summed E-state index contributed by atoms with van der Waals surface area (Å²) in [7, 11) is 0. The Kier molecular flexibility index (Phi) is 15.9. The second-order valence-electron chi connectivity index (χ2n) is 26.1. The van der Waals surface area contributed by atoms with Crippen LogP contribution in [-0.2, 0) is 0 Å². The predicted molar refractivity (Wildman–Crippen MR) is 435 cm³/mol. The zero-order valence-corrected chi connectivity index (χ0v) is 57.8. The maximum atomic E-state index is 5.45. The van der Waals surface area contributed by atoms with Crippen LogP contribution in [0.25, 0.3) is 198 Å². The van der Waals surface area contributed by atoms with Crippen molar-refractivity contribution < 1.29 is 0 Å². The second-order valence-corrected chi connectivity index (χ2v) is 28.1. The van der Waals surface area contributed by atoms with E-state index in [0.29, 0.717) is 34.9 Å². The van der Waals surface area contributed by atoms with E-state index in [2.05, 4.69) is 285 Å². The van der Waals surface area contributed by atoms with Crippen molar-refractivity contribution >= 4 is 63.0 Å². The second kappa shape index (κ2) is 26.7. The average Bonchev–Trinajstić information content (AvgIpc) is 1.57. The molecule has 0 amide bonds. The van der Waals surface area contributed by atoms with E-state index in [4.69, 9.17) is 29.9 Å². The normalized spacial score (nSPS) is 11.5. The van der Waals surface area contributed by atoms with Gasteiger partial charge in [-0.15, -0.1) is 22.7 Å². The van der Waals surface area contributed by atoms with Gasteiger partial charge >= 0.3 is 0 Å². The highest BCUT2D eigenvalue weighted by atomic mass is 32.1. The highest BCUT2D eigenvalue weighted by Crippen LogP contribution is 2.50. The molecule has 19 aromatic rings. The first-order valence-corrected chi connectivity index (χ1v) is 36.5. The Labute approximate surface area is 610 Å². The number of hydrogen-bond acceptors (Lipinski definition) is 8. The van der Waals surface area contributed by atoms with E-state index < -0.39 is 0 Å². The summed E-state index contributed by atoms with van der Waals surface area (Å²) in [6.07, 6.45) is 0. The van der Waals surface area contributed by atoms with Crippen molar-refractivity contribution in [2.45, 2.75) is 0 Å². The van der Waals surface area contributed by atoms with Gasteiger partial charge in [-0.1, -0.05) is 322 Å². The maximum Gasteiger partial charge on any atom is 0.164 e. The number of nitrogens with zero attached hydrogens (tertiary/aromatic N) is 6. The number of hydrogen-bond donors (Lipinski definition) is 0. The summed E-state index contributed by atoms with van der Waals surface area (Å²) in [6, 6.07) is 130. The minimum atomic E-state index is 0.590. The summed E-state index contributed by atoms with van der Waals surface area (Å²) >= 11 is 3.71. The van der Waals surface area contributed by atoms with Gasteiger partial charge in [0.05, 0.1) is 0 Å². The average molecular weight is 1360 g/mol. The lowest BCUT2D eigenvalue weighted by atomic mass is 9.92. The first kappa shape index (κ1) is 61.8. The van der Waals surface area contributed by atoms with Crippen LogP contribution >= 0.6 is 22.7 Å². The Morgan fingerprint density at radius 3 is 0.971 bits per heavy atom. The summed E-state index contributed by atoms with van der Waals surface area (Å²) < 4.78 is 4.92. The monoisotopic (exact) mass is 1360 g/mol. The van der Waals surface area contributed by atoms with Crippen molar-refractivity contribution in [3.05, 3.63) is 364 Å². The summed E-state index contributed by atoms with van der Waals surface area (Å²) in [4.78, 5) is 31.1. The van der Waals surface area contributed by atoms with Crippen LogP contribution in [0, 0.1) is 0 Å². The van der Waals surface area contributed by atoms with Gasteiger partial charge < -0.3 is 0 Å². The number of fused-ring (bicyclic) bond motifs is 6. The van der Waals surface area contributed by atoms with Crippen molar-refractivity contribution in [1.29, 1.82) is 0 Å². The maximum absolute atomic E-state index is 5.45. The lowest BCUT2D eigenvalue weighted by Crippen LogP contribution is -2.00. The third kappa shape index (κ3) is 11.8. The van der Waals surface area contributed by atoms with Crippen molar-refractivity contribution in [2.75, 3.05) is 0 Å². The molecule has 8 heteroatoms. The molecule has 0 bridgehead atoms. The van der Waals surface area contributed by atoms with Gasteiger partial charge in [-0.2, -0.15) is 0 Å². The van der Waals surface area contributed by atoms with Crippen LogP contribution in [0.5, 0.6) is 0 Å². The molecule has 0 spiro atoms. The lowest BCUT2D eigenvalue weighted by Gasteiger charge is -2.13. The van der Waals surface area contributed by atoms with E-state index in [-0.39, 0.29) is 0 Å². The molecule has 0 aliphatic rings. The van der Waals surface area contributed by atoms with Crippen LogP contribution < -0.4 is 0 Å². The fourth-order valence-corrected chi connectivity index (χ4v) is 17.0. The molecule has 0 N–H and O–H groups in total. The summed E-state index contributed by atoms with van der Waals surface area (Å²) in [5.41, 5.74) is 23.8. The molecule has 0 fully saturated rings. The fraction of sp³-hybridized carbons (Fsp3) is 0. The van der Waals surface area contributed by atoms with Crippen molar-refractivity contribution in [3.8, 4) is 157 Å². The third-order valence-corrected chi connectivity index (χ3v) is 22.1. The molecule has 15 aromatic carbocycles. The summed E-state index contributed by atoms with van der Waals surface area (Å²) in [5.74, 6) is 3.67. The largest absolute Gasteiger partial charge is 0.208 e. The smallest absolute Gasteiger partial charge is 0.164 e. The van der Waals surface area contributed by atoms with Crippen LogP contribution in [0.4, 0.5) is 0 Å². The highest BCUT2D eigenvalue weighted by Gasteiger charge is 2.23. The first-order valence-electron chi connectivity index (χ1n) is 34.9. The van der Waals surface area contributed by atoms with Gasteiger partial charge in [0.25, 0.3) is 0 Å². The Balaban J connectivity index is 0.712. The Morgan fingerprint density at radius 1 is 0.154 bits per heavy atom. The number of aromatic nitrogens is 6. The molecule has 0 saturated heterocycles. The molecule has 0 radical (unpaired) electrons. The summed E-state index contributed by atoms with van der Waals surface area (Å²) in [6.45, 7) is 0. The van der Waals surface area contributed by atoms with E-state index in [0.717, 1.165) is 83.5 Å². The molecule has 0 atom stereocenters.